The molecule has 314 valence electrons. The van der Waals surface area contributed by atoms with E-state index in [1.54, 1.807) is 14.2 Å². The molecule has 0 saturated carbocycles. The summed E-state index contributed by atoms with van der Waals surface area (Å²) in [7, 11) is 6.04. The fourth-order valence-corrected chi connectivity index (χ4v) is 8.05. The number of aryl methyl sites for hydroxylation is 3. The molecule has 3 aromatic heterocycles. The molecule has 14 heteroatoms. The van der Waals surface area contributed by atoms with Gasteiger partial charge in [0.1, 0.15) is 0 Å². The van der Waals surface area contributed by atoms with Crippen LogP contribution in [0.15, 0.2) is 18.2 Å². The number of carbonyl (C=O) groups excluding carboxylic acids is 3. The van der Waals surface area contributed by atoms with Gasteiger partial charge in [0.05, 0.1) is 63.1 Å². The van der Waals surface area contributed by atoms with Gasteiger partial charge in [-0.3, -0.25) is 24.3 Å². The predicted octanol–water partition coefficient (Wildman–Crippen LogP) is 5.57. The zero-order chi connectivity index (χ0) is 42.1. The van der Waals surface area contributed by atoms with Crippen LogP contribution >= 0.6 is 0 Å². The minimum absolute atomic E-state index is 0.123. The number of rotatable bonds is 18. The van der Waals surface area contributed by atoms with Crippen LogP contribution in [-0.4, -0.2) is 116 Å². The van der Waals surface area contributed by atoms with Gasteiger partial charge in [0, 0.05) is 91.0 Å². The number of fused-ring (bicyclic) bond motifs is 8. The number of esters is 2. The molecule has 0 radical (unpaired) electrons. The van der Waals surface area contributed by atoms with Crippen LogP contribution in [0.3, 0.4) is 0 Å². The number of aliphatic hydroxyl groups is 1. The number of hydrogen-bond acceptors (Lipinski definition) is 11. The first-order chi connectivity index (χ1) is 27.9. The molecule has 0 spiro atoms. The Kier molecular flexibility index (Phi) is 15.4. The first kappa shape index (κ1) is 44.2. The maximum atomic E-state index is 14.5. The number of ether oxygens (including phenoxy) is 4. The SMILES string of the molecule is CCc1c(C)c2cc3[nH]c(cc4nc(c(CC(=O)OC)c5nc(cc1[nH]2)C(C)=C5C(=O)NCCCN(CCOC)CCOC)C(CCC(=O)OC)C4C)c(C)c3CO. The maximum Gasteiger partial charge on any atom is 0.310 e. The standard InChI is InChI=1S/C44H60N6O8/c1-10-29-25(2)34-22-38-32(24-51)27(4)33(47-38)21-35-26(3)30(12-13-39(52)57-8)42(48-35)31(20-40(53)58-9)43-41(28(5)36(49-43)23-37(29)46-34)44(54)45-14-11-15-50(16-18-55-6)17-19-56-7/h21-23,26,30,46-47,51H,10-20,24H2,1-9H3,(H,45,54). The predicted molar refractivity (Wildman–Crippen MR) is 224 cm³/mol. The normalized spacial score (nSPS) is 15.3. The van der Waals surface area contributed by atoms with Crippen molar-refractivity contribution in [2.45, 2.75) is 85.2 Å². The Morgan fingerprint density at radius 3 is 2.09 bits per heavy atom. The highest BCUT2D eigenvalue weighted by Gasteiger charge is 2.36. The lowest BCUT2D eigenvalue weighted by Gasteiger charge is -2.21. The van der Waals surface area contributed by atoms with Crippen molar-refractivity contribution >= 4 is 51.1 Å². The zero-order valence-electron chi connectivity index (χ0n) is 35.5. The summed E-state index contributed by atoms with van der Waals surface area (Å²) in [5.41, 5.74) is 10.8. The van der Waals surface area contributed by atoms with Crippen molar-refractivity contribution in [2.75, 3.05) is 67.8 Å². The van der Waals surface area contributed by atoms with E-state index in [9.17, 15) is 19.5 Å². The Morgan fingerprint density at radius 2 is 1.47 bits per heavy atom. The number of carbonyl (C=O) groups is 3. The third-order valence-electron chi connectivity index (χ3n) is 11.6. The van der Waals surface area contributed by atoms with Gasteiger partial charge in [0.25, 0.3) is 5.91 Å². The third-order valence-corrected chi connectivity index (χ3v) is 11.6. The van der Waals surface area contributed by atoms with Gasteiger partial charge in [0.15, 0.2) is 0 Å². The quantitative estimate of drug-likeness (QED) is 0.0933. The van der Waals surface area contributed by atoms with Gasteiger partial charge in [-0.25, -0.2) is 4.98 Å². The Hall–Kier alpha value is -4.89. The lowest BCUT2D eigenvalue weighted by atomic mass is 9.84. The molecule has 5 heterocycles. The Labute approximate surface area is 340 Å². The number of aromatic nitrogens is 4. The summed E-state index contributed by atoms with van der Waals surface area (Å²) in [6.07, 6.45) is 1.73. The van der Waals surface area contributed by atoms with Crippen LogP contribution in [0.25, 0.3) is 33.2 Å². The second-order valence-corrected chi connectivity index (χ2v) is 15.0. The van der Waals surface area contributed by atoms with Crippen molar-refractivity contribution in [2.24, 2.45) is 0 Å². The van der Waals surface area contributed by atoms with E-state index in [0.717, 1.165) is 76.1 Å². The molecule has 2 aliphatic heterocycles. The van der Waals surface area contributed by atoms with Gasteiger partial charge in [-0.05, 0) is 87.0 Å². The zero-order valence-corrected chi connectivity index (χ0v) is 35.5. The van der Waals surface area contributed by atoms with Gasteiger partial charge in [0.2, 0.25) is 0 Å². The molecule has 2 atom stereocenters. The highest BCUT2D eigenvalue weighted by Crippen LogP contribution is 2.44. The first-order valence-corrected chi connectivity index (χ1v) is 20.1. The number of allylic oxidation sites excluding steroid dienone is 1. The number of methoxy groups -OCH3 is 4. The van der Waals surface area contributed by atoms with Crippen LogP contribution in [0.1, 0.15) is 102 Å². The molecule has 8 bridgehead atoms. The molecular formula is C44H60N6O8. The molecule has 14 nitrogen and oxygen atoms in total. The van der Waals surface area contributed by atoms with E-state index in [-0.39, 0.29) is 43.2 Å². The van der Waals surface area contributed by atoms with Crippen LogP contribution in [0.5, 0.6) is 0 Å². The largest absolute Gasteiger partial charge is 0.469 e. The van der Waals surface area contributed by atoms with Crippen LogP contribution in [0.2, 0.25) is 0 Å². The molecule has 2 unspecified atom stereocenters. The van der Waals surface area contributed by atoms with Gasteiger partial charge < -0.3 is 39.3 Å². The summed E-state index contributed by atoms with van der Waals surface area (Å²) in [6, 6.07) is 5.95. The monoisotopic (exact) mass is 800 g/mol. The first-order valence-electron chi connectivity index (χ1n) is 20.1. The van der Waals surface area contributed by atoms with E-state index < -0.39 is 5.97 Å². The molecule has 58 heavy (non-hydrogen) atoms. The minimum Gasteiger partial charge on any atom is -0.469 e. The summed E-state index contributed by atoms with van der Waals surface area (Å²) >= 11 is 0. The molecule has 4 N–H and O–H groups in total. The molecule has 2 aliphatic rings. The molecule has 5 rings (SSSR count). The van der Waals surface area contributed by atoms with Crippen LogP contribution in [0.4, 0.5) is 0 Å². The average Bonchev–Trinajstić information content (AvgIpc) is 3.90. The second-order valence-electron chi connectivity index (χ2n) is 15.0. The minimum atomic E-state index is -0.514. The number of hydrogen-bond donors (Lipinski definition) is 4. The molecule has 0 aliphatic carbocycles. The number of H-pyrrole nitrogens is 2. The van der Waals surface area contributed by atoms with Gasteiger partial charge in [-0.2, -0.15) is 0 Å². The van der Waals surface area contributed by atoms with Gasteiger partial charge >= 0.3 is 11.9 Å². The average molecular weight is 801 g/mol. The summed E-state index contributed by atoms with van der Waals surface area (Å²) < 4.78 is 20.9. The lowest BCUT2D eigenvalue weighted by Crippen LogP contribution is -2.34. The number of nitrogens with one attached hydrogen (secondary N) is 3. The molecule has 1 amide bonds. The fourth-order valence-electron chi connectivity index (χ4n) is 8.05. The third kappa shape index (κ3) is 9.69. The summed E-state index contributed by atoms with van der Waals surface area (Å²) in [6.45, 7) is 13.7. The molecule has 0 fully saturated rings. The molecule has 0 saturated heterocycles. The van der Waals surface area contributed by atoms with Crippen LogP contribution < -0.4 is 5.32 Å². The Bertz CT molecular complexity index is 2180. The van der Waals surface area contributed by atoms with Crippen LogP contribution in [-0.2, 0) is 52.8 Å². The van der Waals surface area contributed by atoms with E-state index in [0.29, 0.717) is 66.4 Å². The number of nitrogens with zero attached hydrogens (tertiary/aromatic N) is 3. The maximum absolute atomic E-state index is 14.5. The van der Waals surface area contributed by atoms with Crippen LogP contribution in [0, 0.1) is 13.8 Å². The smallest absolute Gasteiger partial charge is 0.310 e. The van der Waals surface area contributed by atoms with Crippen molar-refractivity contribution in [1.82, 2.24) is 30.2 Å². The van der Waals surface area contributed by atoms with Crippen molar-refractivity contribution in [3.63, 3.8) is 0 Å². The topological polar surface area (TPSA) is 181 Å². The van der Waals surface area contributed by atoms with Gasteiger partial charge in [-0.1, -0.05) is 13.8 Å². The summed E-state index contributed by atoms with van der Waals surface area (Å²) in [4.78, 5) is 60.1. The van der Waals surface area contributed by atoms with Crippen molar-refractivity contribution < 1.29 is 38.4 Å². The second kappa shape index (κ2) is 20.2. The highest BCUT2D eigenvalue weighted by atomic mass is 16.5. The van der Waals surface area contributed by atoms with E-state index in [2.05, 4.69) is 34.0 Å². The van der Waals surface area contributed by atoms with Crippen molar-refractivity contribution in [3.05, 3.63) is 68.8 Å². The van der Waals surface area contributed by atoms with Gasteiger partial charge in [-0.15, -0.1) is 0 Å². The van der Waals surface area contributed by atoms with E-state index in [1.165, 1.54) is 14.2 Å². The number of amides is 1. The molecule has 3 aromatic rings. The summed E-state index contributed by atoms with van der Waals surface area (Å²) in [5.74, 6) is -1.72. The fraction of sp³-hybridized carbons (Fsp3) is 0.523. The van der Waals surface area contributed by atoms with Crippen molar-refractivity contribution in [1.29, 1.82) is 0 Å². The summed E-state index contributed by atoms with van der Waals surface area (Å²) in [5, 5.41) is 13.7. The molecular weight excluding hydrogens is 741 g/mol. The van der Waals surface area contributed by atoms with E-state index >= 15 is 0 Å². The highest BCUT2D eigenvalue weighted by molar-refractivity contribution is 6.27. The molecule has 0 aromatic carbocycles. The number of aliphatic hydroxyl groups excluding tert-OH is 1. The van der Waals surface area contributed by atoms with Crippen molar-refractivity contribution in [3.8, 4) is 0 Å². The Morgan fingerprint density at radius 1 is 0.828 bits per heavy atom. The number of aromatic amines is 2. The van der Waals surface area contributed by atoms with E-state index in [4.69, 9.17) is 28.9 Å². The lowest BCUT2D eigenvalue weighted by molar-refractivity contribution is -0.141. The Balaban J connectivity index is 1.79. The van der Waals surface area contributed by atoms with E-state index in [1.807, 2.05) is 39.0 Å².